The minimum Gasteiger partial charge on any atom is -0.497 e. The monoisotopic (exact) mass is 499 g/mol. The molecule has 0 bridgehead atoms. The van der Waals surface area contributed by atoms with Crippen molar-refractivity contribution in [2.24, 2.45) is 4.99 Å². The van der Waals surface area contributed by atoms with E-state index in [4.69, 9.17) is 14.2 Å². The van der Waals surface area contributed by atoms with Crippen molar-refractivity contribution in [1.29, 1.82) is 0 Å². The van der Waals surface area contributed by atoms with Crippen LogP contribution in [-0.4, -0.2) is 74.7 Å². The number of sulfone groups is 1. The zero-order chi connectivity index (χ0) is 24.4. The van der Waals surface area contributed by atoms with Gasteiger partial charge in [0, 0.05) is 24.3 Å². The Balaban J connectivity index is 1.80. The lowest BCUT2D eigenvalue weighted by Gasteiger charge is -2.26. The van der Waals surface area contributed by atoms with Gasteiger partial charge in [-0.2, -0.15) is 4.99 Å². The van der Waals surface area contributed by atoms with Gasteiger partial charge in [-0.05, 0) is 32.9 Å². The van der Waals surface area contributed by atoms with Crippen LogP contribution in [0.2, 0.25) is 0 Å². The molecule has 1 aromatic rings. The van der Waals surface area contributed by atoms with Gasteiger partial charge in [0.25, 0.3) is 0 Å². The van der Waals surface area contributed by atoms with E-state index in [-0.39, 0.29) is 35.8 Å². The number of thioether (sulfide) groups is 1. The Hall–Kier alpha value is -2.47. The molecule has 0 saturated carbocycles. The lowest BCUT2D eigenvalue weighted by Crippen LogP contribution is -2.38. The summed E-state index contributed by atoms with van der Waals surface area (Å²) in [5.74, 6) is 0.610. The lowest BCUT2D eigenvalue weighted by molar-refractivity contribution is -0.117. The van der Waals surface area contributed by atoms with Gasteiger partial charge in [0.05, 0.1) is 37.5 Å². The first-order chi connectivity index (χ1) is 15.4. The number of rotatable bonds is 6. The molecular formula is C21H29N3O7S2. The molecule has 182 valence electrons. The molecule has 2 heterocycles. The maximum atomic E-state index is 12.6. The van der Waals surface area contributed by atoms with Crippen molar-refractivity contribution in [2.75, 3.05) is 37.2 Å². The molecule has 2 unspecified atom stereocenters. The Kier molecular flexibility index (Phi) is 7.47. The molecule has 3 rings (SSSR count). The fourth-order valence-electron chi connectivity index (χ4n) is 3.58. The summed E-state index contributed by atoms with van der Waals surface area (Å²) in [7, 11) is -0.152. The van der Waals surface area contributed by atoms with E-state index < -0.39 is 27.4 Å². The Labute approximate surface area is 198 Å². The zero-order valence-corrected chi connectivity index (χ0v) is 20.9. The molecular weight excluding hydrogens is 470 g/mol. The van der Waals surface area contributed by atoms with Crippen molar-refractivity contribution in [3.63, 3.8) is 0 Å². The molecule has 0 radical (unpaired) electrons. The molecule has 1 aromatic carbocycles. The SMILES string of the molecule is COc1ccc(N2C(=NC(=O)CCNC(=O)OC(C)(C)C)SC3CS(=O)(=O)CC32)c(OC)c1. The Morgan fingerprint density at radius 2 is 1.94 bits per heavy atom. The summed E-state index contributed by atoms with van der Waals surface area (Å²) in [4.78, 5) is 30.3. The maximum absolute atomic E-state index is 12.6. The number of hydrogen-bond acceptors (Lipinski definition) is 8. The number of fused-ring (bicyclic) bond motifs is 1. The minimum atomic E-state index is -3.20. The molecule has 2 fully saturated rings. The third-order valence-electron chi connectivity index (χ3n) is 4.94. The second-order valence-corrected chi connectivity index (χ2v) is 12.0. The number of aliphatic imine (C=N–C) groups is 1. The summed E-state index contributed by atoms with van der Waals surface area (Å²) in [5, 5.41) is 2.70. The first-order valence-corrected chi connectivity index (χ1v) is 13.1. The number of nitrogens with zero attached hydrogens (tertiary/aromatic N) is 2. The Morgan fingerprint density at radius 3 is 2.58 bits per heavy atom. The largest absolute Gasteiger partial charge is 0.497 e. The number of anilines is 1. The van der Waals surface area contributed by atoms with Gasteiger partial charge in [0.2, 0.25) is 5.91 Å². The number of alkyl carbamates (subject to hydrolysis) is 1. The molecule has 0 spiro atoms. The molecule has 1 N–H and O–H groups in total. The smallest absolute Gasteiger partial charge is 0.407 e. The number of carbonyl (C=O) groups excluding carboxylic acids is 2. The van der Waals surface area contributed by atoms with Gasteiger partial charge in [0.15, 0.2) is 15.0 Å². The normalized spacial score (nSPS) is 22.7. The zero-order valence-electron chi connectivity index (χ0n) is 19.3. The van der Waals surface area contributed by atoms with E-state index in [9.17, 15) is 18.0 Å². The maximum Gasteiger partial charge on any atom is 0.407 e. The quantitative estimate of drug-likeness (QED) is 0.627. The van der Waals surface area contributed by atoms with Gasteiger partial charge in [0.1, 0.15) is 17.1 Å². The summed E-state index contributed by atoms with van der Waals surface area (Å²) in [5.41, 5.74) is -0.0287. The van der Waals surface area contributed by atoms with E-state index in [2.05, 4.69) is 10.3 Å². The predicted octanol–water partition coefficient (Wildman–Crippen LogP) is 2.22. The van der Waals surface area contributed by atoms with Gasteiger partial charge >= 0.3 is 6.09 Å². The first kappa shape index (κ1) is 25.2. The third-order valence-corrected chi connectivity index (χ3v) is 8.15. The number of amidine groups is 1. The van der Waals surface area contributed by atoms with Crippen molar-refractivity contribution in [2.45, 2.75) is 44.1 Å². The van der Waals surface area contributed by atoms with E-state index in [1.165, 1.54) is 26.0 Å². The van der Waals surface area contributed by atoms with Gasteiger partial charge in [-0.3, -0.25) is 4.79 Å². The fourth-order valence-corrected chi connectivity index (χ4v) is 7.50. The number of benzene rings is 1. The third kappa shape index (κ3) is 6.32. The first-order valence-electron chi connectivity index (χ1n) is 10.4. The van der Waals surface area contributed by atoms with Crippen molar-refractivity contribution in [3.05, 3.63) is 18.2 Å². The topological polar surface area (TPSA) is 124 Å². The molecule has 0 aromatic heterocycles. The highest BCUT2D eigenvalue weighted by Crippen LogP contribution is 2.44. The molecule has 2 aliphatic heterocycles. The van der Waals surface area contributed by atoms with Crippen molar-refractivity contribution < 1.29 is 32.2 Å². The highest BCUT2D eigenvalue weighted by Gasteiger charge is 2.50. The molecule has 2 atom stereocenters. The van der Waals surface area contributed by atoms with Gasteiger partial charge in [-0.1, -0.05) is 11.8 Å². The van der Waals surface area contributed by atoms with Gasteiger partial charge in [-0.15, -0.1) is 0 Å². The van der Waals surface area contributed by atoms with Crippen LogP contribution >= 0.6 is 11.8 Å². The summed E-state index contributed by atoms with van der Waals surface area (Å²) >= 11 is 1.27. The number of carbonyl (C=O) groups is 2. The van der Waals surface area contributed by atoms with Crippen molar-refractivity contribution in [3.8, 4) is 11.5 Å². The number of hydrogen-bond donors (Lipinski definition) is 1. The average Bonchev–Trinajstić information content (AvgIpc) is 3.16. The molecule has 2 saturated heterocycles. The van der Waals surface area contributed by atoms with Crippen LogP contribution in [0.25, 0.3) is 0 Å². The number of nitrogens with one attached hydrogen (secondary N) is 1. The number of amides is 2. The van der Waals surface area contributed by atoms with Crippen LogP contribution in [0.15, 0.2) is 23.2 Å². The number of methoxy groups -OCH3 is 2. The standard InChI is InChI=1S/C21H29N3O7S2/c1-21(2,3)31-20(26)22-9-8-18(25)23-19-24(15-11-33(27,28)12-17(15)32-19)14-7-6-13(29-4)10-16(14)30-5/h6-7,10,15,17H,8-9,11-12H2,1-5H3,(H,22,26). The fraction of sp³-hybridized carbons (Fsp3) is 0.571. The summed E-state index contributed by atoms with van der Waals surface area (Å²) in [6, 6.07) is 4.83. The van der Waals surface area contributed by atoms with Crippen LogP contribution in [0.3, 0.4) is 0 Å². The van der Waals surface area contributed by atoms with Crippen LogP contribution in [0, 0.1) is 0 Å². The van der Waals surface area contributed by atoms with Crippen LogP contribution < -0.4 is 19.7 Å². The van der Waals surface area contributed by atoms with Crippen LogP contribution in [0.5, 0.6) is 11.5 Å². The molecule has 2 amide bonds. The Bertz CT molecular complexity index is 1050. The van der Waals surface area contributed by atoms with E-state index in [0.717, 1.165) is 0 Å². The number of ether oxygens (including phenoxy) is 3. The predicted molar refractivity (Wildman–Crippen MR) is 127 cm³/mol. The van der Waals surface area contributed by atoms with E-state index in [1.54, 1.807) is 43.9 Å². The summed E-state index contributed by atoms with van der Waals surface area (Å²) in [6.07, 6.45) is -0.632. The van der Waals surface area contributed by atoms with Gasteiger partial charge < -0.3 is 24.4 Å². The molecule has 12 heteroatoms. The van der Waals surface area contributed by atoms with E-state index >= 15 is 0 Å². The molecule has 2 aliphatic rings. The highest BCUT2D eigenvalue weighted by atomic mass is 32.2. The second-order valence-electron chi connectivity index (χ2n) is 8.68. The van der Waals surface area contributed by atoms with E-state index in [1.807, 2.05) is 0 Å². The summed E-state index contributed by atoms with van der Waals surface area (Å²) < 4.78 is 40.4. The lowest BCUT2D eigenvalue weighted by atomic mass is 10.2. The van der Waals surface area contributed by atoms with Crippen LogP contribution in [0.4, 0.5) is 10.5 Å². The second kappa shape index (κ2) is 9.80. The van der Waals surface area contributed by atoms with E-state index in [0.29, 0.717) is 22.4 Å². The van der Waals surface area contributed by atoms with Crippen molar-refractivity contribution in [1.82, 2.24) is 5.32 Å². The average molecular weight is 500 g/mol. The Morgan fingerprint density at radius 1 is 1.21 bits per heavy atom. The molecule has 10 nitrogen and oxygen atoms in total. The minimum absolute atomic E-state index is 0.0186. The molecule has 0 aliphatic carbocycles. The van der Waals surface area contributed by atoms with Crippen molar-refractivity contribution >= 4 is 44.5 Å². The molecule has 33 heavy (non-hydrogen) atoms. The highest BCUT2D eigenvalue weighted by molar-refractivity contribution is 8.16. The summed E-state index contributed by atoms with van der Waals surface area (Å²) in [6.45, 7) is 5.32. The van der Waals surface area contributed by atoms with Crippen LogP contribution in [0.1, 0.15) is 27.2 Å². The van der Waals surface area contributed by atoms with Crippen LogP contribution in [-0.2, 0) is 19.4 Å². The van der Waals surface area contributed by atoms with Gasteiger partial charge in [-0.25, -0.2) is 13.2 Å².